The second kappa shape index (κ2) is 11.6. The van der Waals surface area contributed by atoms with Gasteiger partial charge in [0.05, 0.1) is 0 Å². The molecule has 1 aliphatic rings. The highest BCUT2D eigenvalue weighted by Gasteiger charge is 2.14. The molecule has 0 spiro atoms. The van der Waals surface area contributed by atoms with Crippen LogP contribution in [0.15, 0.2) is 29.3 Å². The molecule has 0 fully saturated rings. The van der Waals surface area contributed by atoms with Crippen molar-refractivity contribution in [3.8, 4) is 0 Å². The SMILES string of the molecule is CN=C(NCCCc1nnc2n1CCCCC2)N(C)Cc1ccc(Cl)cc1.I. The molecular weight excluding hydrogens is 487 g/mol. The number of fused-ring (bicyclic) bond motifs is 1. The average Bonchev–Trinajstić information content (AvgIpc) is 2.90. The summed E-state index contributed by atoms with van der Waals surface area (Å²) in [5, 5.41) is 13.0. The lowest BCUT2D eigenvalue weighted by Gasteiger charge is -2.22. The van der Waals surface area contributed by atoms with Gasteiger partial charge in [-0.3, -0.25) is 4.99 Å². The van der Waals surface area contributed by atoms with Crippen LogP contribution in [0.4, 0.5) is 0 Å². The van der Waals surface area contributed by atoms with Crippen LogP contribution in [0.2, 0.25) is 5.02 Å². The molecule has 2 aromatic rings. The summed E-state index contributed by atoms with van der Waals surface area (Å²) >= 11 is 5.96. The third-order valence-corrected chi connectivity index (χ3v) is 5.20. The number of aliphatic imine (C=N–C) groups is 1. The van der Waals surface area contributed by atoms with Crippen LogP contribution in [0.3, 0.4) is 0 Å². The number of hydrogen-bond acceptors (Lipinski definition) is 3. The van der Waals surface area contributed by atoms with E-state index in [0.717, 1.165) is 61.5 Å². The molecule has 0 saturated carbocycles. The van der Waals surface area contributed by atoms with Crippen molar-refractivity contribution in [2.24, 2.45) is 4.99 Å². The largest absolute Gasteiger partial charge is 0.356 e. The monoisotopic (exact) mass is 516 g/mol. The fourth-order valence-corrected chi connectivity index (χ4v) is 3.63. The molecule has 1 N–H and O–H groups in total. The number of guanidine groups is 1. The van der Waals surface area contributed by atoms with Crippen molar-refractivity contribution >= 4 is 41.5 Å². The van der Waals surface area contributed by atoms with Gasteiger partial charge in [0.1, 0.15) is 11.6 Å². The number of aryl methyl sites for hydroxylation is 2. The first-order valence-electron chi connectivity index (χ1n) is 9.74. The lowest BCUT2D eigenvalue weighted by molar-refractivity contribution is 0.475. The van der Waals surface area contributed by atoms with Crippen LogP contribution in [-0.4, -0.2) is 46.3 Å². The van der Waals surface area contributed by atoms with Gasteiger partial charge >= 0.3 is 0 Å². The van der Waals surface area contributed by atoms with Gasteiger partial charge < -0.3 is 14.8 Å². The predicted octanol–water partition coefficient (Wildman–Crippen LogP) is 3.92. The summed E-state index contributed by atoms with van der Waals surface area (Å²) in [5.41, 5.74) is 1.20. The molecule has 3 rings (SSSR count). The van der Waals surface area contributed by atoms with Crippen molar-refractivity contribution in [1.29, 1.82) is 0 Å². The summed E-state index contributed by atoms with van der Waals surface area (Å²) in [7, 11) is 3.86. The van der Waals surface area contributed by atoms with Gasteiger partial charge in [0.2, 0.25) is 0 Å². The van der Waals surface area contributed by atoms with E-state index in [1.165, 1.54) is 24.8 Å². The summed E-state index contributed by atoms with van der Waals surface area (Å²) in [5.74, 6) is 3.18. The molecule has 0 aliphatic carbocycles. The first-order chi connectivity index (χ1) is 13.2. The first kappa shape index (κ1) is 22.9. The fourth-order valence-electron chi connectivity index (χ4n) is 3.50. The van der Waals surface area contributed by atoms with Crippen molar-refractivity contribution in [1.82, 2.24) is 25.0 Å². The van der Waals surface area contributed by atoms with E-state index in [0.29, 0.717) is 0 Å². The molecule has 1 aromatic heterocycles. The van der Waals surface area contributed by atoms with Gasteiger partial charge in [-0.05, 0) is 37.0 Å². The standard InChI is InChI=1S/C20H29ClN6.HI/c1-22-20(26(2)15-16-9-11-17(21)12-10-16)23-13-6-8-19-25-24-18-7-4-3-5-14-27(18)19;/h9-12H,3-8,13-15H2,1-2H3,(H,22,23);1H. The van der Waals surface area contributed by atoms with Crippen LogP contribution in [0, 0.1) is 0 Å². The highest BCUT2D eigenvalue weighted by atomic mass is 127. The highest BCUT2D eigenvalue weighted by molar-refractivity contribution is 14.0. The third-order valence-electron chi connectivity index (χ3n) is 4.95. The molecule has 8 heteroatoms. The predicted molar refractivity (Wildman–Crippen MR) is 126 cm³/mol. The number of nitrogens with zero attached hydrogens (tertiary/aromatic N) is 5. The van der Waals surface area contributed by atoms with E-state index in [4.69, 9.17) is 11.6 Å². The number of aromatic nitrogens is 3. The number of rotatable bonds is 6. The van der Waals surface area contributed by atoms with Crippen LogP contribution in [-0.2, 0) is 25.9 Å². The van der Waals surface area contributed by atoms with Crippen molar-refractivity contribution in [2.75, 3.05) is 20.6 Å². The average molecular weight is 517 g/mol. The quantitative estimate of drug-likeness (QED) is 0.274. The molecule has 6 nitrogen and oxygen atoms in total. The van der Waals surface area contributed by atoms with Crippen molar-refractivity contribution in [3.05, 3.63) is 46.5 Å². The molecule has 1 aliphatic heterocycles. The Kier molecular flexibility index (Phi) is 9.50. The van der Waals surface area contributed by atoms with Gasteiger partial charge in [-0.15, -0.1) is 34.2 Å². The smallest absolute Gasteiger partial charge is 0.193 e. The molecule has 0 saturated heterocycles. The summed E-state index contributed by atoms with van der Waals surface area (Å²) in [6.07, 6.45) is 6.77. The van der Waals surface area contributed by atoms with Crippen molar-refractivity contribution in [2.45, 2.75) is 51.6 Å². The Morgan fingerprint density at radius 2 is 2.00 bits per heavy atom. The normalized spacial score (nSPS) is 14.0. The number of nitrogens with one attached hydrogen (secondary N) is 1. The zero-order valence-electron chi connectivity index (χ0n) is 16.7. The van der Waals surface area contributed by atoms with Crippen LogP contribution >= 0.6 is 35.6 Å². The molecule has 1 aromatic carbocycles. The third kappa shape index (κ3) is 6.34. The first-order valence-corrected chi connectivity index (χ1v) is 10.1. The lowest BCUT2D eigenvalue weighted by Crippen LogP contribution is -2.39. The zero-order valence-corrected chi connectivity index (χ0v) is 19.8. The second-order valence-electron chi connectivity index (χ2n) is 7.05. The minimum Gasteiger partial charge on any atom is -0.356 e. The summed E-state index contributed by atoms with van der Waals surface area (Å²) < 4.78 is 2.33. The van der Waals surface area contributed by atoms with Crippen LogP contribution in [0.25, 0.3) is 0 Å². The fraction of sp³-hybridized carbons (Fsp3) is 0.550. The number of hydrogen-bond donors (Lipinski definition) is 1. The van der Waals surface area contributed by atoms with E-state index in [2.05, 4.69) is 30.0 Å². The molecule has 0 atom stereocenters. The van der Waals surface area contributed by atoms with Gasteiger partial charge in [-0.25, -0.2) is 0 Å². The summed E-state index contributed by atoms with van der Waals surface area (Å²) in [6.45, 7) is 2.71. The molecule has 154 valence electrons. The molecule has 0 amide bonds. The van der Waals surface area contributed by atoms with Crippen molar-refractivity contribution in [3.63, 3.8) is 0 Å². The minimum atomic E-state index is 0. The number of halogens is 2. The van der Waals surface area contributed by atoms with Gasteiger partial charge in [0.25, 0.3) is 0 Å². The maximum absolute atomic E-state index is 5.96. The molecule has 0 unspecified atom stereocenters. The Morgan fingerprint density at radius 3 is 2.75 bits per heavy atom. The Hall–Kier alpha value is -1.35. The number of benzene rings is 1. The van der Waals surface area contributed by atoms with E-state index in [1.807, 2.05) is 38.4 Å². The van der Waals surface area contributed by atoms with E-state index in [9.17, 15) is 0 Å². The van der Waals surface area contributed by atoms with Gasteiger partial charge in [0, 0.05) is 51.6 Å². The van der Waals surface area contributed by atoms with E-state index < -0.39 is 0 Å². The Balaban J connectivity index is 0.00000280. The van der Waals surface area contributed by atoms with Gasteiger partial charge in [-0.1, -0.05) is 30.2 Å². The van der Waals surface area contributed by atoms with Crippen molar-refractivity contribution < 1.29 is 0 Å². The topological polar surface area (TPSA) is 58.3 Å². The maximum Gasteiger partial charge on any atom is 0.193 e. The summed E-state index contributed by atoms with van der Waals surface area (Å²) in [4.78, 5) is 6.51. The van der Waals surface area contributed by atoms with Gasteiger partial charge in [-0.2, -0.15) is 0 Å². The zero-order chi connectivity index (χ0) is 19.1. The Bertz CT molecular complexity index is 759. The Labute approximate surface area is 189 Å². The Morgan fingerprint density at radius 1 is 1.21 bits per heavy atom. The molecule has 28 heavy (non-hydrogen) atoms. The molecule has 0 bridgehead atoms. The maximum atomic E-state index is 5.96. The van der Waals surface area contributed by atoms with E-state index >= 15 is 0 Å². The molecule has 2 heterocycles. The highest BCUT2D eigenvalue weighted by Crippen LogP contribution is 2.15. The molecular formula is C20H30ClIN6. The van der Waals surface area contributed by atoms with E-state index in [-0.39, 0.29) is 24.0 Å². The van der Waals surface area contributed by atoms with Gasteiger partial charge in [0.15, 0.2) is 5.96 Å². The molecule has 0 radical (unpaired) electrons. The lowest BCUT2D eigenvalue weighted by atomic mass is 10.2. The second-order valence-corrected chi connectivity index (χ2v) is 7.49. The summed E-state index contributed by atoms with van der Waals surface area (Å²) in [6, 6.07) is 7.93. The van der Waals surface area contributed by atoms with Crippen LogP contribution in [0.1, 0.15) is 42.9 Å². The minimum absolute atomic E-state index is 0. The van der Waals surface area contributed by atoms with Crippen LogP contribution in [0.5, 0.6) is 0 Å². The van der Waals surface area contributed by atoms with Crippen LogP contribution < -0.4 is 5.32 Å². The van der Waals surface area contributed by atoms with E-state index in [1.54, 1.807) is 0 Å².